The van der Waals surface area contributed by atoms with Gasteiger partial charge < -0.3 is 9.55 Å². The first-order valence-electron chi connectivity index (χ1n) is 7.24. The first-order valence-corrected chi connectivity index (χ1v) is 7.64. The summed E-state index contributed by atoms with van der Waals surface area (Å²) in [6.07, 6.45) is 7.95. The van der Waals surface area contributed by atoms with Crippen LogP contribution in [0.2, 0.25) is 0 Å². The lowest BCUT2D eigenvalue weighted by atomic mass is 9.88. The van der Waals surface area contributed by atoms with Crippen molar-refractivity contribution in [1.82, 2.24) is 9.55 Å². The van der Waals surface area contributed by atoms with Crippen molar-refractivity contribution >= 4 is 12.2 Å². The van der Waals surface area contributed by atoms with E-state index in [2.05, 4.69) is 36.5 Å². The van der Waals surface area contributed by atoms with Crippen molar-refractivity contribution in [3.05, 3.63) is 16.7 Å². The number of nitrogens with zero attached hydrogens (tertiary/aromatic N) is 1. The van der Waals surface area contributed by atoms with Gasteiger partial charge in [-0.2, -0.15) is 0 Å². The van der Waals surface area contributed by atoms with Crippen LogP contribution in [-0.2, 0) is 12.0 Å². The van der Waals surface area contributed by atoms with Crippen molar-refractivity contribution in [2.75, 3.05) is 0 Å². The molecule has 0 amide bonds. The summed E-state index contributed by atoms with van der Waals surface area (Å²) in [5.41, 5.74) is 1.53. The Balaban J connectivity index is 1.85. The third-order valence-electron chi connectivity index (χ3n) is 4.94. The molecule has 3 atom stereocenters. The minimum absolute atomic E-state index is 0.172. The van der Waals surface area contributed by atoms with Gasteiger partial charge in [-0.1, -0.05) is 27.2 Å². The van der Waals surface area contributed by atoms with Gasteiger partial charge in [0.05, 0.1) is 0 Å². The first kappa shape index (κ1) is 12.5. The Morgan fingerprint density at radius 1 is 1.33 bits per heavy atom. The highest BCUT2D eigenvalue weighted by atomic mass is 32.1. The van der Waals surface area contributed by atoms with Crippen molar-refractivity contribution < 1.29 is 0 Å². The Morgan fingerprint density at radius 2 is 2.11 bits per heavy atom. The Bertz CT molecular complexity index is 491. The number of aromatic amines is 1. The van der Waals surface area contributed by atoms with Gasteiger partial charge in [0.2, 0.25) is 0 Å². The maximum Gasteiger partial charge on any atom is 0.177 e. The molecule has 0 radical (unpaired) electrons. The number of rotatable bonds is 2. The normalized spacial score (nSPS) is 31.2. The third-order valence-corrected chi connectivity index (χ3v) is 5.28. The lowest BCUT2D eigenvalue weighted by molar-refractivity contribution is 0.287. The van der Waals surface area contributed by atoms with Gasteiger partial charge >= 0.3 is 0 Å². The predicted molar refractivity (Wildman–Crippen MR) is 77.3 cm³/mol. The largest absolute Gasteiger partial charge is 0.337 e. The van der Waals surface area contributed by atoms with E-state index < -0.39 is 0 Å². The minimum atomic E-state index is 0.172. The SMILES string of the molecule is CC(C)(C)c1c[nH]c(=S)n1CC1CC2CCC1C2. The molecule has 100 valence electrons. The van der Waals surface area contributed by atoms with E-state index in [-0.39, 0.29) is 5.41 Å². The van der Waals surface area contributed by atoms with Crippen molar-refractivity contribution in [3.63, 3.8) is 0 Å². The summed E-state index contributed by atoms with van der Waals surface area (Å²) < 4.78 is 3.27. The van der Waals surface area contributed by atoms with Gasteiger partial charge in [0, 0.05) is 23.9 Å². The molecule has 0 spiro atoms. The molecular weight excluding hydrogens is 240 g/mol. The summed E-state index contributed by atoms with van der Waals surface area (Å²) in [6, 6.07) is 0. The molecule has 3 unspecified atom stereocenters. The van der Waals surface area contributed by atoms with E-state index in [0.717, 1.165) is 29.1 Å². The fraction of sp³-hybridized carbons (Fsp3) is 0.800. The molecule has 3 rings (SSSR count). The number of fused-ring (bicyclic) bond motifs is 2. The molecular formula is C15H24N2S. The fourth-order valence-electron chi connectivity index (χ4n) is 4.03. The van der Waals surface area contributed by atoms with Crippen molar-refractivity contribution in [2.45, 2.75) is 58.4 Å². The van der Waals surface area contributed by atoms with Gasteiger partial charge in [-0.15, -0.1) is 0 Å². The van der Waals surface area contributed by atoms with E-state index >= 15 is 0 Å². The molecule has 2 saturated carbocycles. The molecule has 3 heteroatoms. The van der Waals surface area contributed by atoms with Crippen LogP contribution >= 0.6 is 12.2 Å². The van der Waals surface area contributed by atoms with E-state index in [1.807, 2.05) is 0 Å². The zero-order valence-corrected chi connectivity index (χ0v) is 12.5. The first-order chi connectivity index (χ1) is 8.45. The number of imidazole rings is 1. The van der Waals surface area contributed by atoms with Crippen LogP contribution in [0.15, 0.2) is 6.20 Å². The monoisotopic (exact) mass is 264 g/mol. The molecule has 18 heavy (non-hydrogen) atoms. The molecule has 2 aliphatic rings. The summed E-state index contributed by atoms with van der Waals surface area (Å²) >= 11 is 5.47. The molecule has 1 aromatic rings. The third kappa shape index (κ3) is 2.07. The van der Waals surface area contributed by atoms with E-state index in [0.29, 0.717) is 0 Å². The molecule has 0 aliphatic heterocycles. The second kappa shape index (κ2) is 4.22. The van der Waals surface area contributed by atoms with Crippen LogP contribution in [0.1, 0.15) is 52.1 Å². The fourth-order valence-corrected chi connectivity index (χ4v) is 4.26. The lowest BCUT2D eigenvalue weighted by Gasteiger charge is -2.26. The Kier molecular flexibility index (Phi) is 2.92. The summed E-state index contributed by atoms with van der Waals surface area (Å²) in [4.78, 5) is 3.24. The highest BCUT2D eigenvalue weighted by molar-refractivity contribution is 7.71. The number of H-pyrrole nitrogens is 1. The van der Waals surface area contributed by atoms with E-state index in [1.54, 1.807) is 0 Å². The highest BCUT2D eigenvalue weighted by Gasteiger charge is 2.39. The average molecular weight is 264 g/mol. The smallest absolute Gasteiger partial charge is 0.177 e. The van der Waals surface area contributed by atoms with Gasteiger partial charge in [0.1, 0.15) is 0 Å². The van der Waals surface area contributed by atoms with E-state index in [4.69, 9.17) is 12.2 Å². The maximum atomic E-state index is 5.47. The van der Waals surface area contributed by atoms with Crippen LogP contribution < -0.4 is 0 Å². The van der Waals surface area contributed by atoms with E-state index in [9.17, 15) is 0 Å². The van der Waals surface area contributed by atoms with Crippen LogP contribution in [0.4, 0.5) is 0 Å². The summed E-state index contributed by atoms with van der Waals surface area (Å²) in [7, 11) is 0. The number of aromatic nitrogens is 2. The van der Waals surface area contributed by atoms with Gasteiger partial charge in [0.25, 0.3) is 0 Å². The molecule has 2 aliphatic carbocycles. The Labute approximate surface area is 115 Å². The zero-order valence-electron chi connectivity index (χ0n) is 11.7. The summed E-state index contributed by atoms with van der Waals surface area (Å²) in [5, 5.41) is 0. The molecule has 0 aromatic carbocycles. The molecule has 2 fully saturated rings. The second-order valence-corrected chi connectivity index (χ2v) is 7.66. The van der Waals surface area contributed by atoms with Crippen LogP contribution in [-0.4, -0.2) is 9.55 Å². The molecule has 1 aromatic heterocycles. The number of hydrogen-bond donors (Lipinski definition) is 1. The molecule has 2 bridgehead atoms. The number of hydrogen-bond acceptors (Lipinski definition) is 1. The molecule has 2 nitrogen and oxygen atoms in total. The minimum Gasteiger partial charge on any atom is -0.337 e. The van der Waals surface area contributed by atoms with Crippen molar-refractivity contribution in [3.8, 4) is 0 Å². The summed E-state index contributed by atoms with van der Waals surface area (Å²) in [6.45, 7) is 7.93. The van der Waals surface area contributed by atoms with Gasteiger partial charge in [-0.25, -0.2) is 0 Å². The van der Waals surface area contributed by atoms with Crippen LogP contribution in [0.3, 0.4) is 0 Å². The van der Waals surface area contributed by atoms with Gasteiger partial charge in [0.15, 0.2) is 4.77 Å². The van der Waals surface area contributed by atoms with E-state index in [1.165, 1.54) is 31.4 Å². The predicted octanol–water partition coefficient (Wildman–Crippen LogP) is 4.28. The van der Waals surface area contributed by atoms with Crippen molar-refractivity contribution in [2.24, 2.45) is 17.8 Å². The zero-order chi connectivity index (χ0) is 12.9. The average Bonchev–Trinajstić information content (AvgIpc) is 2.94. The standard InChI is InChI=1S/C15H24N2S/c1-15(2,3)13-8-16-14(18)17(13)9-12-7-10-4-5-11(12)6-10/h8,10-12H,4-7,9H2,1-3H3,(H,16,18). The quantitative estimate of drug-likeness (QED) is 0.791. The van der Waals surface area contributed by atoms with Gasteiger partial charge in [-0.05, 0) is 49.2 Å². The highest BCUT2D eigenvalue weighted by Crippen LogP contribution is 2.49. The molecule has 1 N–H and O–H groups in total. The Hall–Kier alpha value is -0.570. The van der Waals surface area contributed by atoms with Crippen molar-refractivity contribution in [1.29, 1.82) is 0 Å². The van der Waals surface area contributed by atoms with Crippen LogP contribution in [0.5, 0.6) is 0 Å². The second-order valence-electron chi connectivity index (χ2n) is 7.27. The van der Waals surface area contributed by atoms with Crippen LogP contribution in [0.25, 0.3) is 0 Å². The van der Waals surface area contributed by atoms with Crippen LogP contribution in [0, 0.1) is 22.5 Å². The lowest BCUT2D eigenvalue weighted by Crippen LogP contribution is -2.23. The molecule has 0 saturated heterocycles. The number of nitrogens with one attached hydrogen (secondary N) is 1. The van der Waals surface area contributed by atoms with Gasteiger partial charge in [-0.3, -0.25) is 0 Å². The summed E-state index contributed by atoms with van der Waals surface area (Å²) in [5.74, 6) is 2.86. The Morgan fingerprint density at radius 3 is 2.67 bits per heavy atom. The molecule has 1 heterocycles. The topological polar surface area (TPSA) is 20.7 Å². The maximum absolute atomic E-state index is 5.47.